The number of hydrogen-bond donors (Lipinski definition) is 2. The Morgan fingerprint density at radius 1 is 0.842 bits per heavy atom. The van der Waals surface area contributed by atoms with E-state index in [1.807, 2.05) is 13.8 Å². The van der Waals surface area contributed by atoms with Gasteiger partial charge >= 0.3 is 0 Å². The van der Waals surface area contributed by atoms with Crippen molar-refractivity contribution in [3.63, 3.8) is 0 Å². The van der Waals surface area contributed by atoms with Gasteiger partial charge in [-0.25, -0.2) is 0 Å². The molecule has 0 saturated heterocycles. The van der Waals surface area contributed by atoms with E-state index in [9.17, 15) is 9.59 Å². The number of carbonyl (C=O) groups is 2. The summed E-state index contributed by atoms with van der Waals surface area (Å²) < 4.78 is 12.3. The van der Waals surface area contributed by atoms with E-state index in [0.717, 1.165) is 76.2 Å². The Bertz CT molecular complexity index is 1250. The zero-order valence-electron chi connectivity index (χ0n) is 22.8. The second-order valence-electron chi connectivity index (χ2n) is 11.3. The molecule has 2 amide bonds. The smallest absolute Gasteiger partial charge is 0.219 e. The predicted octanol–water partition coefficient (Wildman–Crippen LogP) is 5.04. The van der Waals surface area contributed by atoms with Crippen LogP contribution in [0.3, 0.4) is 0 Å². The van der Waals surface area contributed by atoms with Crippen LogP contribution in [0.5, 0.6) is 11.5 Å². The summed E-state index contributed by atoms with van der Waals surface area (Å²) in [5, 5.41) is 6.17. The summed E-state index contributed by atoms with van der Waals surface area (Å²) in [6.45, 7) is 6.77. The SMILES string of the molecule is CCC(=O)NCCC1CC(c2cc3c(c4c2OCC4)[C@H](CCNC(=O)CC)CC3)c2ccc3c(c21)CCO3. The summed E-state index contributed by atoms with van der Waals surface area (Å²) in [6, 6.07) is 6.93. The molecule has 2 aliphatic carbocycles. The summed E-state index contributed by atoms with van der Waals surface area (Å²) >= 11 is 0. The minimum absolute atomic E-state index is 0.120. The summed E-state index contributed by atoms with van der Waals surface area (Å²) in [5.74, 6) is 3.63. The minimum atomic E-state index is 0.120. The minimum Gasteiger partial charge on any atom is -0.493 e. The van der Waals surface area contributed by atoms with E-state index in [1.54, 1.807) is 0 Å². The first-order valence-electron chi connectivity index (χ1n) is 14.7. The van der Waals surface area contributed by atoms with E-state index in [4.69, 9.17) is 9.47 Å². The normalized spacial score (nSPS) is 22.2. The molecule has 0 radical (unpaired) electrons. The van der Waals surface area contributed by atoms with Gasteiger partial charge < -0.3 is 20.1 Å². The molecule has 0 aromatic heterocycles. The van der Waals surface area contributed by atoms with Crippen LogP contribution in [0.4, 0.5) is 0 Å². The molecule has 4 aliphatic rings. The van der Waals surface area contributed by atoms with Crippen LogP contribution in [0, 0.1) is 0 Å². The number of hydrogen-bond acceptors (Lipinski definition) is 4. The summed E-state index contributed by atoms with van der Waals surface area (Å²) in [5.41, 5.74) is 10.0. The lowest BCUT2D eigenvalue weighted by atomic mass is 9.84. The fraction of sp³-hybridized carbons (Fsp3) is 0.562. The molecule has 2 N–H and O–H groups in total. The van der Waals surface area contributed by atoms with Crippen molar-refractivity contribution in [2.75, 3.05) is 26.3 Å². The van der Waals surface area contributed by atoms with E-state index >= 15 is 0 Å². The Labute approximate surface area is 225 Å². The average molecular weight is 517 g/mol. The molecule has 2 unspecified atom stereocenters. The van der Waals surface area contributed by atoms with Gasteiger partial charge in [-0.05, 0) is 72.3 Å². The van der Waals surface area contributed by atoms with Crippen LogP contribution in [0.1, 0.15) is 109 Å². The monoisotopic (exact) mass is 516 g/mol. The van der Waals surface area contributed by atoms with E-state index in [1.165, 1.54) is 38.9 Å². The number of fused-ring (bicyclic) bond motifs is 6. The molecule has 2 aromatic rings. The summed E-state index contributed by atoms with van der Waals surface area (Å²) in [6.07, 6.45) is 8.26. The first-order chi connectivity index (χ1) is 18.6. The first-order valence-corrected chi connectivity index (χ1v) is 14.7. The highest BCUT2D eigenvalue weighted by Crippen LogP contribution is 2.55. The van der Waals surface area contributed by atoms with Crippen LogP contribution in [0.25, 0.3) is 0 Å². The van der Waals surface area contributed by atoms with Crippen LogP contribution >= 0.6 is 0 Å². The van der Waals surface area contributed by atoms with Crippen molar-refractivity contribution in [3.05, 3.63) is 57.1 Å². The zero-order chi connectivity index (χ0) is 26.2. The van der Waals surface area contributed by atoms with Gasteiger partial charge in [-0.1, -0.05) is 26.0 Å². The van der Waals surface area contributed by atoms with Gasteiger partial charge in [-0.2, -0.15) is 0 Å². The first kappa shape index (κ1) is 25.3. The quantitative estimate of drug-likeness (QED) is 0.490. The highest BCUT2D eigenvalue weighted by atomic mass is 16.5. The molecule has 2 heterocycles. The van der Waals surface area contributed by atoms with Gasteiger partial charge in [-0.3, -0.25) is 9.59 Å². The van der Waals surface area contributed by atoms with Crippen LogP contribution < -0.4 is 20.1 Å². The van der Waals surface area contributed by atoms with Crippen molar-refractivity contribution in [1.82, 2.24) is 10.6 Å². The molecule has 202 valence electrons. The van der Waals surface area contributed by atoms with E-state index < -0.39 is 0 Å². The predicted molar refractivity (Wildman–Crippen MR) is 147 cm³/mol. The van der Waals surface area contributed by atoms with Crippen LogP contribution in [-0.2, 0) is 28.9 Å². The van der Waals surface area contributed by atoms with Crippen molar-refractivity contribution in [1.29, 1.82) is 0 Å². The Morgan fingerprint density at radius 3 is 2.32 bits per heavy atom. The molecule has 6 heteroatoms. The lowest BCUT2D eigenvalue weighted by Gasteiger charge is -2.21. The number of amides is 2. The highest BCUT2D eigenvalue weighted by Gasteiger charge is 2.40. The standard InChI is InChI=1S/C32H40N2O4/c1-3-28(35)33-13-9-19-5-6-20-18-26(32-24(30(19)20)12-16-38-32)25-17-21(10-14-34-29(36)4-2)31-22(25)7-8-27-23(31)11-15-37-27/h7-8,18-19,21,25H,3-6,9-17H2,1-2H3,(H,33,35)(H,34,36)/t19-,21?,25?/m0/s1. The van der Waals surface area contributed by atoms with Crippen molar-refractivity contribution in [2.24, 2.45) is 0 Å². The van der Waals surface area contributed by atoms with Crippen molar-refractivity contribution in [3.8, 4) is 11.5 Å². The molecule has 38 heavy (non-hydrogen) atoms. The molecule has 2 aromatic carbocycles. The Hall–Kier alpha value is -3.02. The number of benzene rings is 2. The van der Waals surface area contributed by atoms with Crippen LogP contribution in [-0.4, -0.2) is 38.1 Å². The average Bonchev–Trinajstić information content (AvgIpc) is 3.72. The number of nitrogens with one attached hydrogen (secondary N) is 2. The maximum Gasteiger partial charge on any atom is 0.219 e. The lowest BCUT2D eigenvalue weighted by molar-refractivity contribution is -0.121. The number of carbonyl (C=O) groups excluding carboxylic acids is 2. The van der Waals surface area contributed by atoms with Gasteiger partial charge in [0.05, 0.1) is 13.2 Å². The molecule has 2 aliphatic heterocycles. The van der Waals surface area contributed by atoms with Crippen LogP contribution in [0.2, 0.25) is 0 Å². The van der Waals surface area contributed by atoms with E-state index in [0.29, 0.717) is 37.1 Å². The number of aryl methyl sites for hydroxylation is 1. The summed E-state index contributed by atoms with van der Waals surface area (Å²) in [7, 11) is 0. The third-order valence-electron chi connectivity index (χ3n) is 9.21. The van der Waals surface area contributed by atoms with Gasteiger partial charge in [0.1, 0.15) is 11.5 Å². The van der Waals surface area contributed by atoms with Gasteiger partial charge in [0.15, 0.2) is 0 Å². The van der Waals surface area contributed by atoms with Crippen molar-refractivity contribution in [2.45, 2.75) is 89.4 Å². The third-order valence-corrected chi connectivity index (χ3v) is 9.21. The Morgan fingerprint density at radius 2 is 1.55 bits per heavy atom. The highest BCUT2D eigenvalue weighted by molar-refractivity contribution is 5.75. The van der Waals surface area contributed by atoms with Crippen molar-refractivity contribution < 1.29 is 19.1 Å². The van der Waals surface area contributed by atoms with Crippen molar-refractivity contribution >= 4 is 11.8 Å². The zero-order valence-corrected chi connectivity index (χ0v) is 22.8. The molecule has 0 saturated carbocycles. The van der Waals surface area contributed by atoms with E-state index in [2.05, 4.69) is 28.8 Å². The lowest BCUT2D eigenvalue weighted by Crippen LogP contribution is -2.24. The van der Waals surface area contributed by atoms with Gasteiger partial charge in [-0.15, -0.1) is 0 Å². The molecule has 0 spiro atoms. The number of ether oxygens (including phenoxy) is 2. The second kappa shape index (κ2) is 10.6. The summed E-state index contributed by atoms with van der Waals surface area (Å²) in [4.78, 5) is 23.7. The Kier molecular flexibility index (Phi) is 7.07. The maximum absolute atomic E-state index is 11.9. The maximum atomic E-state index is 11.9. The van der Waals surface area contributed by atoms with Gasteiger partial charge in [0.25, 0.3) is 0 Å². The van der Waals surface area contributed by atoms with Crippen LogP contribution in [0.15, 0.2) is 18.2 Å². The molecule has 6 nitrogen and oxygen atoms in total. The molecule has 6 rings (SSSR count). The fourth-order valence-corrected chi connectivity index (χ4v) is 7.44. The molecular formula is C32H40N2O4. The largest absolute Gasteiger partial charge is 0.493 e. The molecule has 3 atom stereocenters. The van der Waals surface area contributed by atoms with Gasteiger partial charge in [0, 0.05) is 61.4 Å². The fourth-order valence-electron chi connectivity index (χ4n) is 7.44. The molecular weight excluding hydrogens is 476 g/mol. The topological polar surface area (TPSA) is 76.7 Å². The third kappa shape index (κ3) is 4.46. The molecule has 0 fully saturated rings. The number of rotatable bonds is 9. The molecule has 0 bridgehead atoms. The van der Waals surface area contributed by atoms with Gasteiger partial charge in [0.2, 0.25) is 11.8 Å². The Balaban J connectivity index is 1.31. The second-order valence-corrected chi connectivity index (χ2v) is 11.3. The van der Waals surface area contributed by atoms with E-state index in [-0.39, 0.29) is 11.8 Å².